The fraction of sp³-hybridized carbons (Fsp3) is 0.800. The summed E-state index contributed by atoms with van der Waals surface area (Å²) in [6.07, 6.45) is 0.632. The van der Waals surface area contributed by atoms with Crippen molar-refractivity contribution in [1.29, 1.82) is 0 Å². The summed E-state index contributed by atoms with van der Waals surface area (Å²) < 4.78 is 5.17. The van der Waals surface area contributed by atoms with Crippen molar-refractivity contribution in [2.24, 2.45) is 0 Å². The van der Waals surface area contributed by atoms with Gasteiger partial charge in [0, 0.05) is 13.5 Å². The van der Waals surface area contributed by atoms with Gasteiger partial charge in [-0.1, -0.05) is 11.8 Å². The van der Waals surface area contributed by atoms with Crippen LogP contribution < -0.4 is 0 Å². The van der Waals surface area contributed by atoms with Crippen molar-refractivity contribution in [3.63, 3.8) is 0 Å². The van der Waals surface area contributed by atoms with E-state index in [9.17, 15) is 5.11 Å². The Morgan fingerprint density at radius 3 is 2.08 bits per heavy atom. The molecule has 0 aromatic carbocycles. The lowest BCUT2D eigenvalue weighted by Crippen LogP contribution is -2.22. The van der Waals surface area contributed by atoms with Gasteiger partial charge in [-0.2, -0.15) is 0 Å². The molecule has 2 nitrogen and oxygen atoms in total. The normalized spacial score (nSPS) is 12.2. The molecule has 0 fully saturated rings. The summed E-state index contributed by atoms with van der Waals surface area (Å²) in [5.74, 6) is 5.63. The fourth-order valence-corrected chi connectivity index (χ4v) is 0.546. The molecule has 0 amide bonds. The Kier molecular flexibility index (Phi) is 3.76. The molecular formula is C10H18O2. The summed E-state index contributed by atoms with van der Waals surface area (Å²) >= 11 is 0. The van der Waals surface area contributed by atoms with Gasteiger partial charge in [0.25, 0.3) is 0 Å². The van der Waals surface area contributed by atoms with E-state index in [4.69, 9.17) is 4.74 Å². The molecule has 0 bridgehead atoms. The van der Waals surface area contributed by atoms with Gasteiger partial charge >= 0.3 is 0 Å². The summed E-state index contributed by atoms with van der Waals surface area (Å²) in [5, 5.41) is 9.27. The summed E-state index contributed by atoms with van der Waals surface area (Å²) in [6, 6.07) is 0. The summed E-state index contributed by atoms with van der Waals surface area (Å²) in [4.78, 5) is 0. The molecule has 0 radical (unpaired) electrons. The van der Waals surface area contributed by atoms with Crippen molar-refractivity contribution in [3.8, 4) is 11.8 Å². The lowest BCUT2D eigenvalue weighted by Gasteiger charge is -2.19. The Morgan fingerprint density at radius 2 is 1.75 bits per heavy atom. The largest absolute Gasteiger partial charge is 0.378 e. The van der Waals surface area contributed by atoms with E-state index in [-0.39, 0.29) is 5.60 Å². The van der Waals surface area contributed by atoms with Gasteiger partial charge in [0.1, 0.15) is 5.60 Å². The molecule has 0 aliphatic rings. The smallest absolute Gasteiger partial charge is 0.119 e. The van der Waals surface area contributed by atoms with E-state index in [0.717, 1.165) is 0 Å². The van der Waals surface area contributed by atoms with Crippen LogP contribution in [0.2, 0.25) is 0 Å². The molecule has 0 aromatic heterocycles. The molecule has 2 heteroatoms. The number of aliphatic hydroxyl groups is 1. The highest BCUT2D eigenvalue weighted by Gasteiger charge is 2.14. The number of methoxy groups -OCH3 is 1. The number of hydrogen-bond acceptors (Lipinski definition) is 2. The van der Waals surface area contributed by atoms with Crippen molar-refractivity contribution in [1.82, 2.24) is 0 Å². The van der Waals surface area contributed by atoms with Gasteiger partial charge in [0.05, 0.1) is 5.60 Å². The zero-order chi connectivity index (χ0) is 9.83. The first kappa shape index (κ1) is 11.5. The van der Waals surface area contributed by atoms with Crippen molar-refractivity contribution in [3.05, 3.63) is 0 Å². The van der Waals surface area contributed by atoms with Crippen LogP contribution in [0.15, 0.2) is 0 Å². The van der Waals surface area contributed by atoms with Crippen LogP contribution in [-0.4, -0.2) is 23.4 Å². The molecule has 70 valence electrons. The van der Waals surface area contributed by atoms with E-state index in [1.807, 2.05) is 13.8 Å². The highest BCUT2D eigenvalue weighted by molar-refractivity contribution is 5.11. The van der Waals surface area contributed by atoms with Crippen LogP contribution >= 0.6 is 0 Å². The first-order chi connectivity index (χ1) is 5.27. The van der Waals surface area contributed by atoms with Crippen LogP contribution in [0.3, 0.4) is 0 Å². The highest BCUT2D eigenvalue weighted by Crippen LogP contribution is 2.11. The van der Waals surface area contributed by atoms with Gasteiger partial charge in [-0.25, -0.2) is 0 Å². The predicted molar refractivity (Wildman–Crippen MR) is 49.8 cm³/mol. The van der Waals surface area contributed by atoms with Crippen molar-refractivity contribution < 1.29 is 9.84 Å². The lowest BCUT2D eigenvalue weighted by atomic mass is 10.0. The highest BCUT2D eigenvalue weighted by atomic mass is 16.5. The summed E-state index contributed by atoms with van der Waals surface area (Å²) in [6.45, 7) is 7.26. The fourth-order valence-electron chi connectivity index (χ4n) is 0.546. The van der Waals surface area contributed by atoms with Crippen LogP contribution in [0.1, 0.15) is 34.1 Å². The third-order valence-corrected chi connectivity index (χ3v) is 1.46. The van der Waals surface area contributed by atoms with Crippen LogP contribution in [0, 0.1) is 11.8 Å². The van der Waals surface area contributed by atoms with E-state index in [1.165, 1.54) is 0 Å². The second-order valence-corrected chi connectivity index (χ2v) is 4.00. The first-order valence-corrected chi connectivity index (χ1v) is 4.04. The molecule has 0 aliphatic heterocycles. The molecule has 0 heterocycles. The van der Waals surface area contributed by atoms with Gasteiger partial charge in [0.15, 0.2) is 0 Å². The van der Waals surface area contributed by atoms with Crippen LogP contribution in [0.5, 0.6) is 0 Å². The van der Waals surface area contributed by atoms with Crippen molar-refractivity contribution in [2.75, 3.05) is 7.11 Å². The van der Waals surface area contributed by atoms with E-state index in [0.29, 0.717) is 6.42 Å². The average molecular weight is 170 g/mol. The molecule has 0 unspecified atom stereocenters. The monoisotopic (exact) mass is 170 g/mol. The van der Waals surface area contributed by atoms with E-state index < -0.39 is 5.60 Å². The molecule has 0 aromatic rings. The first-order valence-electron chi connectivity index (χ1n) is 4.04. The summed E-state index contributed by atoms with van der Waals surface area (Å²) in [5.41, 5.74) is -1.12. The second-order valence-electron chi connectivity index (χ2n) is 4.00. The zero-order valence-electron chi connectivity index (χ0n) is 8.56. The molecule has 0 aliphatic carbocycles. The Hall–Kier alpha value is -0.520. The quantitative estimate of drug-likeness (QED) is 0.637. The maximum absolute atomic E-state index is 9.27. The minimum atomic E-state index is -0.899. The minimum absolute atomic E-state index is 0.224. The average Bonchev–Trinajstić information content (AvgIpc) is 1.84. The molecule has 1 N–H and O–H groups in total. The van der Waals surface area contributed by atoms with Gasteiger partial charge in [-0.3, -0.25) is 0 Å². The lowest BCUT2D eigenvalue weighted by molar-refractivity contribution is 0.0272. The summed E-state index contributed by atoms with van der Waals surface area (Å²) in [7, 11) is 1.66. The Balaban J connectivity index is 4.03. The third-order valence-electron chi connectivity index (χ3n) is 1.46. The molecule has 0 saturated heterocycles. The van der Waals surface area contributed by atoms with Gasteiger partial charge in [0.2, 0.25) is 0 Å². The zero-order valence-corrected chi connectivity index (χ0v) is 8.56. The molecule has 0 rings (SSSR count). The maximum atomic E-state index is 9.27. The second kappa shape index (κ2) is 3.93. The van der Waals surface area contributed by atoms with Gasteiger partial charge < -0.3 is 9.84 Å². The minimum Gasteiger partial charge on any atom is -0.378 e. The Bertz CT molecular complexity index is 188. The number of hydrogen-bond donors (Lipinski definition) is 1. The van der Waals surface area contributed by atoms with Gasteiger partial charge in [-0.15, -0.1) is 0 Å². The van der Waals surface area contributed by atoms with E-state index >= 15 is 0 Å². The maximum Gasteiger partial charge on any atom is 0.119 e. The van der Waals surface area contributed by atoms with Crippen LogP contribution in [0.25, 0.3) is 0 Å². The predicted octanol–water partition coefficient (Wildman–Crippen LogP) is 1.58. The van der Waals surface area contributed by atoms with Crippen molar-refractivity contribution in [2.45, 2.75) is 45.3 Å². The number of rotatable bonds is 2. The molecule has 0 atom stereocenters. The van der Waals surface area contributed by atoms with E-state index in [2.05, 4.69) is 11.8 Å². The van der Waals surface area contributed by atoms with Crippen LogP contribution in [0.4, 0.5) is 0 Å². The molecule has 0 spiro atoms. The van der Waals surface area contributed by atoms with E-state index in [1.54, 1.807) is 21.0 Å². The molecular weight excluding hydrogens is 152 g/mol. The third kappa shape index (κ3) is 6.21. The number of ether oxygens (including phenoxy) is 1. The van der Waals surface area contributed by atoms with Crippen molar-refractivity contribution >= 4 is 0 Å². The SMILES string of the molecule is COC(C)(C)CC#CC(C)(C)O. The molecule has 0 saturated carbocycles. The van der Waals surface area contributed by atoms with Gasteiger partial charge in [-0.05, 0) is 27.7 Å². The Labute approximate surface area is 74.9 Å². The standard InChI is InChI=1S/C10H18O2/c1-9(2,11)7-6-8-10(3,4)12-5/h11H,8H2,1-5H3. The topological polar surface area (TPSA) is 29.5 Å². The Morgan fingerprint density at radius 1 is 1.25 bits per heavy atom. The molecule has 12 heavy (non-hydrogen) atoms. The van der Waals surface area contributed by atoms with Crippen LogP contribution in [-0.2, 0) is 4.74 Å².